The lowest BCUT2D eigenvalue weighted by Crippen LogP contribution is -2.12. The van der Waals surface area contributed by atoms with E-state index in [1.165, 1.54) is 6.07 Å². The van der Waals surface area contributed by atoms with Crippen LogP contribution in [0.4, 0.5) is 13.2 Å². The minimum absolute atomic E-state index is 0.234. The monoisotopic (exact) mass is 447 g/mol. The molecule has 0 fully saturated rings. The van der Waals surface area contributed by atoms with E-state index >= 15 is 0 Å². The van der Waals surface area contributed by atoms with Crippen LogP contribution in [-0.4, -0.2) is 11.5 Å². The molecule has 0 radical (unpaired) electrons. The first-order valence-corrected chi connectivity index (χ1v) is 10.3. The van der Waals surface area contributed by atoms with Gasteiger partial charge >= 0.3 is 6.18 Å². The Bertz CT molecular complexity index is 1350. The molecular weight excluding hydrogens is 427 g/mol. The zero-order valence-corrected chi connectivity index (χ0v) is 17.6. The molecule has 4 nitrogen and oxygen atoms in total. The number of nitrogens with one attached hydrogen (secondary N) is 1. The molecule has 0 spiro atoms. The van der Waals surface area contributed by atoms with E-state index in [0.29, 0.717) is 41.3 Å². The third kappa shape index (κ3) is 5.07. The van der Waals surface area contributed by atoms with E-state index in [0.717, 1.165) is 28.6 Å². The zero-order valence-electron chi connectivity index (χ0n) is 17.6. The molecule has 1 N–H and O–H groups in total. The van der Waals surface area contributed by atoms with Gasteiger partial charge in [-0.15, -0.1) is 0 Å². The number of hydrogen-bond donors (Lipinski definition) is 1. The van der Waals surface area contributed by atoms with Crippen LogP contribution in [0.2, 0.25) is 0 Å². The van der Waals surface area contributed by atoms with E-state index in [9.17, 15) is 13.2 Å². The molecule has 0 aliphatic rings. The molecule has 2 heterocycles. The first kappa shape index (κ1) is 22.2. The smallest absolute Gasteiger partial charge is 0.416 e. The second kappa shape index (κ2) is 9.21. The molecular formula is C26H20F3N3O. The third-order valence-electron chi connectivity index (χ3n) is 5.18. The molecule has 0 atom stereocenters. The summed E-state index contributed by atoms with van der Waals surface area (Å²) in [6.07, 6.45) is -2.11. The lowest BCUT2D eigenvalue weighted by molar-refractivity contribution is -0.137. The van der Waals surface area contributed by atoms with Crippen LogP contribution < -0.4 is 5.32 Å². The molecule has 0 unspecified atom stereocenters. The van der Waals surface area contributed by atoms with Crippen molar-refractivity contribution in [3.05, 3.63) is 95.9 Å². The highest BCUT2D eigenvalue weighted by Crippen LogP contribution is 2.33. The summed E-state index contributed by atoms with van der Waals surface area (Å²) in [5.41, 5.74) is 3.42. The Hall–Kier alpha value is -4.05. The maximum atomic E-state index is 13.0. The number of hydrogen-bond acceptors (Lipinski definition) is 4. The molecule has 4 aromatic rings. The summed E-state index contributed by atoms with van der Waals surface area (Å²) in [4.78, 5) is 4.48. The Labute approximate surface area is 189 Å². The van der Waals surface area contributed by atoms with E-state index in [2.05, 4.69) is 22.9 Å². The fraction of sp³-hybridized carbons (Fsp3) is 0.154. The number of rotatable bonds is 7. The van der Waals surface area contributed by atoms with Crippen molar-refractivity contribution in [1.29, 1.82) is 5.26 Å². The number of aromatic nitrogens is 1. The van der Waals surface area contributed by atoms with Crippen molar-refractivity contribution in [3.63, 3.8) is 0 Å². The van der Waals surface area contributed by atoms with Crippen LogP contribution in [0.1, 0.15) is 28.9 Å². The van der Waals surface area contributed by atoms with Crippen LogP contribution in [0.25, 0.3) is 27.9 Å². The largest absolute Gasteiger partial charge is 0.458 e. The predicted molar refractivity (Wildman–Crippen MR) is 121 cm³/mol. The Morgan fingerprint density at radius 3 is 2.70 bits per heavy atom. The molecule has 0 saturated carbocycles. The van der Waals surface area contributed by atoms with Gasteiger partial charge in [-0.05, 0) is 35.4 Å². The van der Waals surface area contributed by atoms with E-state index in [-0.39, 0.29) is 6.42 Å². The number of nitriles is 1. The van der Waals surface area contributed by atoms with E-state index < -0.39 is 11.7 Å². The maximum Gasteiger partial charge on any atom is 0.416 e. The topological polar surface area (TPSA) is 61.9 Å². The van der Waals surface area contributed by atoms with Crippen molar-refractivity contribution >= 4 is 16.7 Å². The average Bonchev–Trinajstić information content (AvgIpc) is 3.21. The second-order valence-electron chi connectivity index (χ2n) is 7.56. The van der Waals surface area contributed by atoms with Gasteiger partial charge in [0.05, 0.1) is 18.1 Å². The first-order valence-electron chi connectivity index (χ1n) is 10.3. The summed E-state index contributed by atoms with van der Waals surface area (Å²) in [5.74, 6) is 0.553. The second-order valence-corrected chi connectivity index (χ2v) is 7.56. The predicted octanol–water partition coefficient (Wildman–Crippen LogP) is 6.58. The van der Waals surface area contributed by atoms with Crippen LogP contribution >= 0.6 is 0 Å². The number of furan rings is 1. The van der Waals surface area contributed by atoms with Gasteiger partial charge in [-0.1, -0.05) is 43.0 Å². The maximum absolute atomic E-state index is 13.0. The average molecular weight is 447 g/mol. The lowest BCUT2D eigenvalue weighted by Gasteiger charge is -2.10. The minimum Gasteiger partial charge on any atom is -0.458 e. The highest BCUT2D eigenvalue weighted by atomic mass is 19.4. The van der Waals surface area contributed by atoms with Crippen molar-refractivity contribution in [2.45, 2.75) is 19.0 Å². The first-order chi connectivity index (χ1) is 15.8. The number of fused-ring (bicyclic) bond motifs is 1. The summed E-state index contributed by atoms with van der Waals surface area (Å²) in [5, 5.41) is 12.6. The van der Waals surface area contributed by atoms with Crippen LogP contribution in [0.5, 0.6) is 0 Å². The zero-order chi connectivity index (χ0) is 23.4. The molecule has 33 heavy (non-hydrogen) atoms. The summed E-state index contributed by atoms with van der Waals surface area (Å²) in [6.45, 7) is 4.53. The SMILES string of the molecule is C=C(NCCC#N)c1cccc(-c2nccc3cc(Cc4cccc(C(F)(F)F)c4)oc23)c1. The van der Waals surface area contributed by atoms with Crippen molar-refractivity contribution in [3.8, 4) is 17.3 Å². The third-order valence-corrected chi connectivity index (χ3v) is 5.18. The fourth-order valence-corrected chi connectivity index (χ4v) is 3.60. The van der Waals surface area contributed by atoms with Crippen LogP contribution in [0, 0.1) is 11.3 Å². The molecule has 4 rings (SSSR count). The van der Waals surface area contributed by atoms with Gasteiger partial charge < -0.3 is 9.73 Å². The van der Waals surface area contributed by atoms with E-state index in [1.54, 1.807) is 12.3 Å². The molecule has 0 amide bonds. The highest BCUT2D eigenvalue weighted by molar-refractivity contribution is 5.91. The Morgan fingerprint density at radius 2 is 1.91 bits per heavy atom. The fourth-order valence-electron chi connectivity index (χ4n) is 3.60. The van der Waals surface area contributed by atoms with E-state index in [4.69, 9.17) is 9.68 Å². The summed E-state index contributed by atoms with van der Waals surface area (Å²) in [6, 6.07) is 18.6. The Morgan fingerprint density at radius 1 is 1.09 bits per heavy atom. The number of nitrogens with zero attached hydrogens (tertiary/aromatic N) is 2. The number of pyridine rings is 1. The molecule has 2 aromatic carbocycles. The minimum atomic E-state index is -4.39. The number of halogens is 3. The normalized spacial score (nSPS) is 11.3. The van der Waals surface area contributed by atoms with Gasteiger partial charge in [0, 0.05) is 35.8 Å². The quantitative estimate of drug-likeness (QED) is 0.325. The van der Waals surface area contributed by atoms with Gasteiger partial charge in [0.2, 0.25) is 0 Å². The molecule has 0 aliphatic heterocycles. The number of alkyl halides is 3. The van der Waals surface area contributed by atoms with Crippen LogP contribution in [0.15, 0.2) is 77.9 Å². The molecule has 0 saturated heterocycles. The molecule has 0 bridgehead atoms. The van der Waals surface area contributed by atoms with Gasteiger partial charge in [-0.3, -0.25) is 4.98 Å². The van der Waals surface area contributed by atoms with Crippen molar-refractivity contribution in [2.75, 3.05) is 6.54 Å². The molecule has 2 aromatic heterocycles. The van der Waals surface area contributed by atoms with E-state index in [1.807, 2.05) is 36.4 Å². The standard InChI is InChI=1S/C26H20F3N3O/c1-17(31-11-4-10-30)19-6-3-7-20(15-19)24-25-21(9-12-32-24)16-23(33-25)14-18-5-2-8-22(13-18)26(27,28)29/h2-3,5-9,12-13,15-16,31H,1,4,11,14H2. The summed E-state index contributed by atoms with van der Waals surface area (Å²) in [7, 11) is 0. The van der Waals surface area contributed by atoms with Crippen molar-refractivity contribution in [2.24, 2.45) is 0 Å². The molecule has 7 heteroatoms. The van der Waals surface area contributed by atoms with Crippen LogP contribution in [-0.2, 0) is 12.6 Å². The summed E-state index contributed by atoms with van der Waals surface area (Å²) < 4.78 is 45.1. The van der Waals surface area contributed by atoms with Crippen molar-refractivity contribution in [1.82, 2.24) is 10.3 Å². The van der Waals surface area contributed by atoms with Gasteiger partial charge in [-0.2, -0.15) is 18.4 Å². The van der Waals surface area contributed by atoms with Crippen LogP contribution in [0.3, 0.4) is 0 Å². The highest BCUT2D eigenvalue weighted by Gasteiger charge is 2.30. The molecule has 0 aliphatic carbocycles. The van der Waals surface area contributed by atoms with Gasteiger partial charge in [0.15, 0.2) is 5.58 Å². The Kier molecular flexibility index (Phi) is 6.18. The summed E-state index contributed by atoms with van der Waals surface area (Å²) >= 11 is 0. The lowest BCUT2D eigenvalue weighted by atomic mass is 10.0. The van der Waals surface area contributed by atoms with Gasteiger partial charge in [0.1, 0.15) is 11.5 Å². The van der Waals surface area contributed by atoms with Crippen molar-refractivity contribution < 1.29 is 17.6 Å². The number of benzene rings is 2. The Balaban J connectivity index is 1.63. The van der Waals surface area contributed by atoms with Gasteiger partial charge in [0.25, 0.3) is 0 Å². The molecule has 166 valence electrons. The van der Waals surface area contributed by atoms with Gasteiger partial charge in [-0.25, -0.2) is 0 Å².